The van der Waals surface area contributed by atoms with Crippen LogP contribution in [-0.4, -0.2) is 13.7 Å². The van der Waals surface area contributed by atoms with Crippen molar-refractivity contribution >= 4 is 98.1 Å². The zero-order valence-corrected chi connectivity index (χ0v) is 31.9. The Labute approximate surface area is 341 Å². The van der Waals surface area contributed by atoms with Gasteiger partial charge in [-0.3, -0.25) is 0 Å². The predicted molar refractivity (Wildman–Crippen MR) is 244 cm³/mol. The van der Waals surface area contributed by atoms with E-state index in [-0.39, 0.29) is 0 Å². The van der Waals surface area contributed by atoms with E-state index in [4.69, 9.17) is 4.42 Å². The summed E-state index contributed by atoms with van der Waals surface area (Å²) < 4.78 is 13.2. The van der Waals surface area contributed by atoms with Crippen LogP contribution in [0.25, 0.3) is 115 Å². The molecular formula is C54H29N5O. The Morgan fingerprint density at radius 3 is 1.62 bits per heavy atom. The van der Waals surface area contributed by atoms with Gasteiger partial charge in [0.25, 0.3) is 0 Å². The molecule has 60 heavy (non-hydrogen) atoms. The highest BCUT2D eigenvalue weighted by atomic mass is 16.3. The molecule has 276 valence electrons. The molecule has 0 aliphatic carbocycles. The summed E-state index contributed by atoms with van der Waals surface area (Å²) in [5, 5.41) is 33.1. The van der Waals surface area contributed by atoms with Gasteiger partial charge in [-0.15, -0.1) is 0 Å². The van der Waals surface area contributed by atoms with E-state index in [2.05, 4.69) is 159 Å². The van der Waals surface area contributed by atoms with E-state index in [1.54, 1.807) is 0 Å². The van der Waals surface area contributed by atoms with E-state index in [9.17, 15) is 10.5 Å². The molecule has 0 aliphatic rings. The van der Waals surface area contributed by atoms with E-state index in [1.165, 1.54) is 10.8 Å². The maximum absolute atomic E-state index is 11.1. The molecule has 6 nitrogen and oxygen atoms in total. The molecule has 9 aromatic carbocycles. The summed E-state index contributed by atoms with van der Waals surface area (Å²) in [4.78, 5) is 0. The van der Waals surface area contributed by atoms with Crippen molar-refractivity contribution in [1.29, 1.82) is 10.5 Å². The molecule has 0 saturated heterocycles. The van der Waals surface area contributed by atoms with E-state index in [0.717, 1.165) is 93.0 Å². The van der Waals surface area contributed by atoms with Crippen LogP contribution in [0.15, 0.2) is 180 Å². The summed E-state index contributed by atoms with van der Waals surface area (Å²) >= 11 is 0. The Balaban J connectivity index is 1.12. The smallest absolute Gasteiger partial charge is 0.160 e. The topological polar surface area (TPSA) is 75.5 Å². The van der Waals surface area contributed by atoms with Crippen LogP contribution in [0, 0.1) is 22.7 Å². The number of hydrogen-bond donors (Lipinski definition) is 0. The van der Waals surface area contributed by atoms with Gasteiger partial charge in [0.1, 0.15) is 17.7 Å². The second-order valence-corrected chi connectivity index (χ2v) is 15.5. The molecule has 0 fully saturated rings. The fourth-order valence-corrected chi connectivity index (χ4v) is 9.98. The molecule has 13 rings (SSSR count). The number of para-hydroxylation sites is 4. The Bertz CT molecular complexity index is 4050. The van der Waals surface area contributed by atoms with Gasteiger partial charge in [0.15, 0.2) is 5.58 Å². The van der Waals surface area contributed by atoms with Crippen molar-refractivity contribution in [3.05, 3.63) is 187 Å². The number of rotatable bonds is 3. The number of nitriles is 2. The highest BCUT2D eigenvalue weighted by molar-refractivity contribution is 6.23. The standard InChI is InChI=1S/C54H29N5O/c55-30-33-28-50(59-46-19-9-5-15-39(46)41-23-24-42-40-16-6-10-20-51(40)60-54(42)53(41)59)34(31-56)27-49(33)58-47-26-22-35(29-43(47)52-36-12-2-1-11-32(36)21-25-48(52)58)57-44-17-7-3-13-37(44)38-14-4-8-18-45(38)57/h1-29H. The minimum atomic E-state index is 0.442. The predicted octanol–water partition coefficient (Wildman–Crippen LogP) is 13.8. The largest absolute Gasteiger partial charge is 0.454 e. The normalized spacial score (nSPS) is 12.0. The second kappa shape index (κ2) is 12.0. The van der Waals surface area contributed by atoms with Crippen LogP contribution in [0.5, 0.6) is 0 Å². The summed E-state index contributed by atoms with van der Waals surface area (Å²) in [6.45, 7) is 0. The highest BCUT2D eigenvalue weighted by Gasteiger charge is 2.24. The molecule has 6 heteroatoms. The summed E-state index contributed by atoms with van der Waals surface area (Å²) in [5.41, 5.74) is 10.7. The molecule has 0 aliphatic heterocycles. The Kier molecular flexibility index (Phi) is 6.48. The third-order valence-corrected chi connectivity index (χ3v) is 12.5. The molecule has 0 saturated carbocycles. The molecule has 0 spiro atoms. The average Bonchev–Trinajstić information content (AvgIpc) is 4.05. The third-order valence-electron chi connectivity index (χ3n) is 12.5. The first-order chi connectivity index (χ1) is 29.7. The van der Waals surface area contributed by atoms with Crippen LogP contribution in [0.4, 0.5) is 0 Å². The number of furan rings is 1. The molecule has 4 aromatic heterocycles. The zero-order valence-electron chi connectivity index (χ0n) is 31.9. The van der Waals surface area contributed by atoms with Gasteiger partial charge in [0.2, 0.25) is 0 Å². The fourth-order valence-electron chi connectivity index (χ4n) is 9.98. The van der Waals surface area contributed by atoms with E-state index >= 15 is 0 Å². The Hall–Kier alpha value is -8.58. The van der Waals surface area contributed by atoms with Crippen LogP contribution in [0.2, 0.25) is 0 Å². The summed E-state index contributed by atoms with van der Waals surface area (Å²) in [5.74, 6) is 0. The SMILES string of the molecule is N#Cc1cc(-n2c3ccccc3c3ccc4c5ccccc5oc4c32)c(C#N)cc1-n1c2ccc(-n3c4ccccc4c4ccccc43)cc2c2c3ccccc3ccc21. The van der Waals surface area contributed by atoms with Crippen LogP contribution >= 0.6 is 0 Å². The lowest BCUT2D eigenvalue weighted by molar-refractivity contribution is 0.671. The van der Waals surface area contributed by atoms with Crippen molar-refractivity contribution in [3.63, 3.8) is 0 Å². The van der Waals surface area contributed by atoms with Crippen LogP contribution < -0.4 is 0 Å². The first-order valence-electron chi connectivity index (χ1n) is 20.0. The van der Waals surface area contributed by atoms with Crippen molar-refractivity contribution in [1.82, 2.24) is 13.7 Å². The fraction of sp³-hybridized carbons (Fsp3) is 0. The molecule has 4 heterocycles. The van der Waals surface area contributed by atoms with Crippen LogP contribution in [0.3, 0.4) is 0 Å². The summed E-state index contributed by atoms with van der Waals surface area (Å²) in [6, 6.07) is 65.9. The maximum Gasteiger partial charge on any atom is 0.160 e. The van der Waals surface area contributed by atoms with Gasteiger partial charge in [-0.05, 0) is 77.5 Å². The quantitative estimate of drug-likeness (QED) is 0.180. The number of fused-ring (bicyclic) bond motifs is 15. The van der Waals surface area contributed by atoms with Gasteiger partial charge < -0.3 is 18.1 Å². The molecule has 0 bridgehead atoms. The van der Waals surface area contributed by atoms with E-state index in [1.807, 2.05) is 42.5 Å². The van der Waals surface area contributed by atoms with Gasteiger partial charge in [0, 0.05) is 48.8 Å². The Morgan fingerprint density at radius 2 is 0.917 bits per heavy atom. The lowest BCUT2D eigenvalue weighted by Crippen LogP contribution is -2.04. The van der Waals surface area contributed by atoms with Crippen molar-refractivity contribution < 1.29 is 4.42 Å². The van der Waals surface area contributed by atoms with Crippen molar-refractivity contribution in [2.24, 2.45) is 0 Å². The number of hydrogen-bond acceptors (Lipinski definition) is 3. The van der Waals surface area contributed by atoms with Crippen LogP contribution in [0.1, 0.15) is 11.1 Å². The number of aromatic nitrogens is 3. The maximum atomic E-state index is 11.1. The monoisotopic (exact) mass is 763 g/mol. The molecule has 13 aromatic rings. The molecule has 0 radical (unpaired) electrons. The van der Waals surface area contributed by atoms with E-state index in [0.29, 0.717) is 22.5 Å². The van der Waals surface area contributed by atoms with Gasteiger partial charge >= 0.3 is 0 Å². The van der Waals surface area contributed by atoms with Crippen LogP contribution in [-0.2, 0) is 0 Å². The number of nitrogens with zero attached hydrogens (tertiary/aromatic N) is 5. The molecular weight excluding hydrogens is 735 g/mol. The molecule has 0 atom stereocenters. The van der Waals surface area contributed by atoms with Crippen molar-refractivity contribution in [2.45, 2.75) is 0 Å². The van der Waals surface area contributed by atoms with Gasteiger partial charge in [-0.2, -0.15) is 10.5 Å². The van der Waals surface area contributed by atoms with Gasteiger partial charge in [0.05, 0.1) is 55.6 Å². The third kappa shape index (κ3) is 4.23. The van der Waals surface area contributed by atoms with Gasteiger partial charge in [-0.1, -0.05) is 109 Å². The Morgan fingerprint density at radius 1 is 0.383 bits per heavy atom. The molecule has 0 unspecified atom stereocenters. The number of benzene rings is 9. The highest BCUT2D eigenvalue weighted by Crippen LogP contribution is 2.44. The lowest BCUT2D eigenvalue weighted by atomic mass is 10.0. The summed E-state index contributed by atoms with van der Waals surface area (Å²) in [7, 11) is 0. The average molecular weight is 764 g/mol. The first kappa shape index (κ1) is 32.5. The minimum absolute atomic E-state index is 0.442. The molecule has 0 N–H and O–H groups in total. The van der Waals surface area contributed by atoms with Crippen molar-refractivity contribution in [3.8, 4) is 29.2 Å². The minimum Gasteiger partial charge on any atom is -0.454 e. The van der Waals surface area contributed by atoms with Crippen molar-refractivity contribution in [2.75, 3.05) is 0 Å². The zero-order chi connectivity index (χ0) is 39.6. The lowest BCUT2D eigenvalue weighted by Gasteiger charge is -2.16. The first-order valence-corrected chi connectivity index (χ1v) is 20.0. The summed E-state index contributed by atoms with van der Waals surface area (Å²) in [6.07, 6.45) is 0. The molecule has 0 amide bonds. The second-order valence-electron chi connectivity index (χ2n) is 15.5. The van der Waals surface area contributed by atoms with E-state index < -0.39 is 0 Å². The van der Waals surface area contributed by atoms with Gasteiger partial charge in [-0.25, -0.2) is 0 Å².